The highest BCUT2D eigenvalue weighted by Gasteiger charge is 2.23. The van der Waals surface area contributed by atoms with Crippen LogP contribution in [-0.4, -0.2) is 21.0 Å². The van der Waals surface area contributed by atoms with Crippen molar-refractivity contribution in [1.82, 2.24) is 15.1 Å². The summed E-state index contributed by atoms with van der Waals surface area (Å²) in [7, 11) is 0. The molecule has 1 amide bonds. The number of hydrogen-bond acceptors (Lipinski definition) is 6. The van der Waals surface area contributed by atoms with Crippen LogP contribution >= 0.6 is 11.3 Å². The number of nitrogens with one attached hydrogen (secondary N) is 1. The molecular formula is C16H16N4O2S. The van der Waals surface area contributed by atoms with E-state index in [9.17, 15) is 4.79 Å². The second-order valence-electron chi connectivity index (χ2n) is 5.40. The fourth-order valence-corrected chi connectivity index (χ4v) is 2.91. The van der Waals surface area contributed by atoms with Gasteiger partial charge in [0.2, 0.25) is 0 Å². The summed E-state index contributed by atoms with van der Waals surface area (Å²) in [6, 6.07) is 3.77. The van der Waals surface area contributed by atoms with E-state index in [2.05, 4.69) is 20.4 Å². The van der Waals surface area contributed by atoms with Crippen LogP contribution in [0, 0.1) is 6.92 Å². The lowest BCUT2D eigenvalue weighted by atomic mass is 10.0. The summed E-state index contributed by atoms with van der Waals surface area (Å²) in [5, 5.41) is 9.13. The van der Waals surface area contributed by atoms with Gasteiger partial charge in [0.25, 0.3) is 5.91 Å². The van der Waals surface area contributed by atoms with E-state index in [1.807, 2.05) is 31.4 Å². The SMILES string of the molecule is Cc1noc(C(C)C)c1C(=O)Nc1nc(-c2cccnc2)cs1. The smallest absolute Gasteiger partial charge is 0.262 e. The Balaban J connectivity index is 1.82. The predicted octanol–water partition coefficient (Wildman–Crippen LogP) is 3.88. The highest BCUT2D eigenvalue weighted by atomic mass is 32.1. The van der Waals surface area contributed by atoms with Crippen molar-refractivity contribution in [3.8, 4) is 11.3 Å². The van der Waals surface area contributed by atoms with E-state index in [0.717, 1.165) is 11.3 Å². The van der Waals surface area contributed by atoms with Crippen LogP contribution < -0.4 is 5.32 Å². The predicted molar refractivity (Wildman–Crippen MR) is 88.6 cm³/mol. The van der Waals surface area contributed by atoms with Crippen LogP contribution in [-0.2, 0) is 0 Å². The number of aryl methyl sites for hydroxylation is 1. The third kappa shape index (κ3) is 3.14. The van der Waals surface area contributed by atoms with Gasteiger partial charge in [0, 0.05) is 29.3 Å². The molecule has 118 valence electrons. The minimum Gasteiger partial charge on any atom is -0.360 e. The Labute approximate surface area is 137 Å². The number of thiazole rings is 1. The zero-order valence-electron chi connectivity index (χ0n) is 13.0. The topological polar surface area (TPSA) is 80.9 Å². The second-order valence-corrected chi connectivity index (χ2v) is 6.25. The molecule has 0 aliphatic carbocycles. The number of hydrogen-bond donors (Lipinski definition) is 1. The third-order valence-electron chi connectivity index (χ3n) is 3.32. The molecule has 0 aliphatic heterocycles. The summed E-state index contributed by atoms with van der Waals surface area (Å²) < 4.78 is 5.25. The highest BCUT2D eigenvalue weighted by molar-refractivity contribution is 7.14. The summed E-state index contributed by atoms with van der Waals surface area (Å²) in [6.07, 6.45) is 3.45. The van der Waals surface area contributed by atoms with Crippen molar-refractivity contribution in [2.45, 2.75) is 26.7 Å². The van der Waals surface area contributed by atoms with Crippen LogP contribution in [0.25, 0.3) is 11.3 Å². The van der Waals surface area contributed by atoms with E-state index in [4.69, 9.17) is 4.52 Å². The molecule has 23 heavy (non-hydrogen) atoms. The molecule has 1 N–H and O–H groups in total. The molecular weight excluding hydrogens is 312 g/mol. The van der Waals surface area contributed by atoms with Crippen molar-refractivity contribution in [3.05, 3.63) is 46.9 Å². The monoisotopic (exact) mass is 328 g/mol. The Morgan fingerprint density at radius 1 is 1.39 bits per heavy atom. The molecule has 0 spiro atoms. The van der Waals surface area contributed by atoms with Crippen molar-refractivity contribution in [2.75, 3.05) is 5.32 Å². The normalized spacial score (nSPS) is 11.0. The minimum atomic E-state index is -0.250. The first-order valence-corrected chi connectivity index (χ1v) is 8.07. The average molecular weight is 328 g/mol. The number of nitrogens with zero attached hydrogens (tertiary/aromatic N) is 3. The molecule has 3 rings (SSSR count). The standard InChI is InChI=1S/C16H16N4O2S/c1-9(2)14-13(10(3)20-22-14)15(21)19-16-18-12(8-23-16)11-5-4-6-17-7-11/h4-9H,1-3H3,(H,18,19,21). The number of aromatic nitrogens is 3. The number of carbonyl (C=O) groups is 1. The van der Waals surface area contributed by atoms with Crippen LogP contribution in [0.1, 0.15) is 41.6 Å². The van der Waals surface area contributed by atoms with E-state index in [1.54, 1.807) is 19.3 Å². The van der Waals surface area contributed by atoms with Gasteiger partial charge >= 0.3 is 0 Å². The quantitative estimate of drug-likeness (QED) is 0.786. The zero-order chi connectivity index (χ0) is 16.4. The van der Waals surface area contributed by atoms with E-state index in [1.165, 1.54) is 11.3 Å². The second kappa shape index (κ2) is 6.29. The van der Waals surface area contributed by atoms with Crippen molar-refractivity contribution in [2.24, 2.45) is 0 Å². The minimum absolute atomic E-state index is 0.0826. The number of anilines is 1. The van der Waals surface area contributed by atoms with Gasteiger partial charge in [-0.25, -0.2) is 4.98 Å². The lowest BCUT2D eigenvalue weighted by Gasteiger charge is -2.04. The summed E-state index contributed by atoms with van der Waals surface area (Å²) in [6.45, 7) is 5.68. The van der Waals surface area contributed by atoms with E-state index in [-0.39, 0.29) is 11.8 Å². The van der Waals surface area contributed by atoms with Gasteiger partial charge in [-0.05, 0) is 19.1 Å². The molecule has 0 aliphatic rings. The summed E-state index contributed by atoms with van der Waals surface area (Å²) in [5.74, 6) is 0.419. The Morgan fingerprint density at radius 2 is 2.22 bits per heavy atom. The van der Waals surface area contributed by atoms with Crippen LogP contribution in [0.4, 0.5) is 5.13 Å². The van der Waals surface area contributed by atoms with Crippen LogP contribution in [0.5, 0.6) is 0 Å². The largest absolute Gasteiger partial charge is 0.360 e. The first-order valence-electron chi connectivity index (χ1n) is 7.19. The first-order chi connectivity index (χ1) is 11.1. The molecule has 0 saturated carbocycles. The van der Waals surface area contributed by atoms with Gasteiger partial charge in [0.15, 0.2) is 10.9 Å². The Kier molecular flexibility index (Phi) is 4.20. The molecule has 3 aromatic heterocycles. The maximum absolute atomic E-state index is 12.5. The third-order valence-corrected chi connectivity index (χ3v) is 4.08. The molecule has 0 atom stereocenters. The van der Waals surface area contributed by atoms with E-state index < -0.39 is 0 Å². The van der Waals surface area contributed by atoms with Crippen molar-refractivity contribution in [3.63, 3.8) is 0 Å². The summed E-state index contributed by atoms with van der Waals surface area (Å²) in [5.41, 5.74) is 2.76. The van der Waals surface area contributed by atoms with E-state index >= 15 is 0 Å². The van der Waals surface area contributed by atoms with Crippen molar-refractivity contribution >= 4 is 22.4 Å². The lowest BCUT2D eigenvalue weighted by Crippen LogP contribution is -2.14. The molecule has 0 fully saturated rings. The maximum Gasteiger partial charge on any atom is 0.262 e. The molecule has 3 aromatic rings. The first kappa shape index (κ1) is 15.4. The molecule has 3 heterocycles. The molecule has 0 unspecified atom stereocenters. The summed E-state index contributed by atoms with van der Waals surface area (Å²) >= 11 is 1.37. The zero-order valence-corrected chi connectivity index (χ0v) is 13.8. The average Bonchev–Trinajstić information content (AvgIpc) is 3.15. The van der Waals surface area contributed by atoms with Gasteiger partial charge < -0.3 is 4.52 Å². The number of amides is 1. The van der Waals surface area contributed by atoms with Gasteiger partial charge in [0.05, 0.1) is 11.4 Å². The van der Waals surface area contributed by atoms with Crippen LogP contribution in [0.15, 0.2) is 34.4 Å². The molecule has 0 radical (unpaired) electrons. The fraction of sp³-hybridized carbons (Fsp3) is 0.250. The molecule has 7 heteroatoms. The molecule has 6 nitrogen and oxygen atoms in total. The molecule has 0 saturated heterocycles. The van der Waals surface area contributed by atoms with Gasteiger partial charge in [-0.3, -0.25) is 15.1 Å². The van der Waals surface area contributed by atoms with Crippen LogP contribution in [0.3, 0.4) is 0 Å². The molecule has 0 bridgehead atoms. The Bertz CT molecular complexity index is 824. The highest BCUT2D eigenvalue weighted by Crippen LogP contribution is 2.26. The maximum atomic E-state index is 12.5. The number of carbonyl (C=O) groups excluding carboxylic acids is 1. The van der Waals surface area contributed by atoms with Gasteiger partial charge in [-0.2, -0.15) is 0 Å². The summed E-state index contributed by atoms with van der Waals surface area (Å²) in [4.78, 5) is 21.0. The van der Waals surface area contributed by atoms with E-state index in [0.29, 0.717) is 22.1 Å². The van der Waals surface area contributed by atoms with Crippen molar-refractivity contribution in [1.29, 1.82) is 0 Å². The number of rotatable bonds is 4. The van der Waals surface area contributed by atoms with Crippen molar-refractivity contribution < 1.29 is 9.32 Å². The molecule has 0 aromatic carbocycles. The number of pyridine rings is 1. The fourth-order valence-electron chi connectivity index (χ4n) is 2.20. The van der Waals surface area contributed by atoms with Crippen LogP contribution in [0.2, 0.25) is 0 Å². The Morgan fingerprint density at radius 3 is 2.91 bits per heavy atom. The van der Waals surface area contributed by atoms with Gasteiger partial charge in [0.1, 0.15) is 5.56 Å². The van der Waals surface area contributed by atoms with Gasteiger partial charge in [-0.15, -0.1) is 11.3 Å². The van der Waals surface area contributed by atoms with Gasteiger partial charge in [-0.1, -0.05) is 19.0 Å². The lowest BCUT2D eigenvalue weighted by molar-refractivity contribution is 0.102. The Hall–Kier alpha value is -2.54.